The van der Waals surface area contributed by atoms with Crippen molar-refractivity contribution in [2.24, 2.45) is 22.9 Å². The fraction of sp³-hybridized carbons (Fsp3) is 0. The van der Waals surface area contributed by atoms with Gasteiger partial charge in [-0.05, 0) is 106 Å². The van der Waals surface area contributed by atoms with Crippen LogP contribution in [0, 0.1) is 21.6 Å². The van der Waals surface area contributed by atoms with Crippen LogP contribution in [-0.4, -0.2) is 35.5 Å². The first-order chi connectivity index (χ1) is 24.8. The minimum atomic E-state index is -0.487. The molecule has 0 bridgehead atoms. The van der Waals surface area contributed by atoms with Gasteiger partial charge in [0.25, 0.3) is 0 Å². The van der Waals surface area contributed by atoms with Gasteiger partial charge in [-0.2, -0.15) is 0 Å². The van der Waals surface area contributed by atoms with Gasteiger partial charge in [0, 0.05) is 22.5 Å². The standard InChI is InChI=1S/2C19H17N5O2/c2*20-17(21)14-2-1-13-10-16(8-5-12(13)9-14)26-18(25)11-3-6-15(7-4-11)24-19(22)23/h2*1-10H,(H3,20,21)(H4,22,23,24). The summed E-state index contributed by atoms with van der Waals surface area (Å²) in [6.45, 7) is 0. The van der Waals surface area contributed by atoms with Crippen LogP contribution in [0.3, 0.4) is 0 Å². The highest BCUT2D eigenvalue weighted by atomic mass is 16.5. The van der Waals surface area contributed by atoms with Gasteiger partial charge in [-0.25, -0.2) is 9.59 Å². The molecule has 0 atom stereocenters. The van der Waals surface area contributed by atoms with Crippen LogP contribution in [0.15, 0.2) is 121 Å². The summed E-state index contributed by atoms with van der Waals surface area (Å²) in [6, 6.07) is 34.2. The van der Waals surface area contributed by atoms with Gasteiger partial charge in [-0.3, -0.25) is 21.6 Å². The third kappa shape index (κ3) is 9.24. The Balaban J connectivity index is 0.000000201. The molecule has 260 valence electrons. The number of anilines is 2. The minimum absolute atomic E-state index is 0.00474. The molecular formula is C38H34N10O4. The molecule has 6 rings (SSSR count). The monoisotopic (exact) mass is 694 g/mol. The molecule has 0 amide bonds. The maximum Gasteiger partial charge on any atom is 0.343 e. The van der Waals surface area contributed by atoms with E-state index in [1.807, 2.05) is 36.4 Å². The summed E-state index contributed by atoms with van der Waals surface area (Å²) in [7, 11) is 0. The second-order valence-corrected chi connectivity index (χ2v) is 11.3. The Labute approximate surface area is 297 Å². The van der Waals surface area contributed by atoms with Gasteiger partial charge in [-0.1, -0.05) is 36.4 Å². The van der Waals surface area contributed by atoms with Crippen LogP contribution in [0.25, 0.3) is 21.5 Å². The third-order valence-corrected chi connectivity index (χ3v) is 7.47. The third-order valence-electron chi connectivity index (χ3n) is 7.47. The van der Waals surface area contributed by atoms with Crippen molar-refractivity contribution in [2.75, 3.05) is 10.6 Å². The number of hydrogen-bond donors (Lipinski definition) is 10. The normalized spacial score (nSPS) is 10.3. The Bertz CT molecular complexity index is 2190. The first kappa shape index (κ1) is 35.6. The Hall–Kier alpha value is -7.74. The molecule has 52 heavy (non-hydrogen) atoms. The highest BCUT2D eigenvalue weighted by Crippen LogP contribution is 2.25. The lowest BCUT2D eigenvalue weighted by Gasteiger charge is -2.08. The molecule has 14 N–H and O–H groups in total. The van der Waals surface area contributed by atoms with Crippen molar-refractivity contribution in [3.05, 3.63) is 144 Å². The van der Waals surface area contributed by atoms with E-state index in [4.69, 9.17) is 54.0 Å². The highest BCUT2D eigenvalue weighted by Gasteiger charge is 2.11. The zero-order valence-corrected chi connectivity index (χ0v) is 27.5. The summed E-state index contributed by atoms with van der Waals surface area (Å²) in [6.07, 6.45) is 0. The van der Waals surface area contributed by atoms with Gasteiger partial charge in [0.1, 0.15) is 23.2 Å². The Morgan fingerprint density at radius 3 is 1.06 bits per heavy atom. The van der Waals surface area contributed by atoms with E-state index in [9.17, 15) is 9.59 Å². The van der Waals surface area contributed by atoms with Gasteiger partial charge in [0.2, 0.25) is 0 Å². The van der Waals surface area contributed by atoms with Gasteiger partial charge in [0.05, 0.1) is 11.1 Å². The van der Waals surface area contributed by atoms with Crippen LogP contribution in [0.1, 0.15) is 31.8 Å². The number of rotatable bonds is 8. The second-order valence-electron chi connectivity index (χ2n) is 11.3. The predicted octanol–water partition coefficient (Wildman–Crippen LogP) is 5.30. The molecule has 0 radical (unpaired) electrons. The molecule has 0 aliphatic carbocycles. The van der Waals surface area contributed by atoms with Gasteiger partial charge in [-0.15, -0.1) is 0 Å². The Kier molecular flexibility index (Phi) is 10.7. The SMILES string of the molecule is N=C(N)Nc1ccc(C(=O)Oc2ccc3cc(C(=N)N)ccc3c2)cc1.N=C(N)Nc1ccc(C(=O)Oc2ccc3cc(C(=N)N)ccc3c2)cc1. The molecule has 14 nitrogen and oxygen atoms in total. The van der Waals surface area contributed by atoms with Crippen molar-refractivity contribution in [1.82, 2.24) is 0 Å². The molecule has 0 aliphatic heterocycles. The average Bonchev–Trinajstić information content (AvgIpc) is 3.11. The molecule has 0 fully saturated rings. The summed E-state index contributed by atoms with van der Waals surface area (Å²) in [4.78, 5) is 24.5. The molecular weight excluding hydrogens is 660 g/mol. The quantitative estimate of drug-likeness (QED) is 0.0425. The van der Waals surface area contributed by atoms with Crippen LogP contribution in [0.4, 0.5) is 11.4 Å². The van der Waals surface area contributed by atoms with Gasteiger partial charge in [0.15, 0.2) is 11.9 Å². The number of esters is 2. The summed E-state index contributed by atoms with van der Waals surface area (Å²) in [5.41, 5.74) is 24.8. The highest BCUT2D eigenvalue weighted by molar-refractivity contribution is 6.01. The van der Waals surface area contributed by atoms with E-state index in [2.05, 4.69) is 10.6 Å². The van der Waals surface area contributed by atoms with Crippen LogP contribution in [0.5, 0.6) is 11.5 Å². The van der Waals surface area contributed by atoms with Crippen molar-refractivity contribution >= 4 is 68.4 Å². The van der Waals surface area contributed by atoms with E-state index in [-0.39, 0.29) is 23.6 Å². The Morgan fingerprint density at radius 2 is 0.731 bits per heavy atom. The lowest BCUT2D eigenvalue weighted by atomic mass is 10.1. The minimum Gasteiger partial charge on any atom is -0.423 e. The summed E-state index contributed by atoms with van der Waals surface area (Å²) in [5, 5.41) is 38.1. The molecule has 6 aromatic rings. The molecule has 0 heterocycles. The van der Waals surface area contributed by atoms with Crippen molar-refractivity contribution in [1.29, 1.82) is 21.6 Å². The number of benzene rings is 6. The molecule has 0 aliphatic rings. The number of fused-ring (bicyclic) bond motifs is 2. The van der Waals surface area contributed by atoms with E-state index in [1.165, 1.54) is 0 Å². The van der Waals surface area contributed by atoms with Crippen LogP contribution < -0.4 is 43.0 Å². The van der Waals surface area contributed by atoms with Crippen LogP contribution in [0.2, 0.25) is 0 Å². The molecule has 0 unspecified atom stereocenters. The number of hydrogen-bond acceptors (Lipinski definition) is 8. The summed E-state index contributed by atoms with van der Waals surface area (Å²) >= 11 is 0. The van der Waals surface area contributed by atoms with Crippen molar-refractivity contribution < 1.29 is 19.1 Å². The fourth-order valence-electron chi connectivity index (χ4n) is 4.93. The number of nitrogen functional groups attached to an aromatic ring is 2. The van der Waals surface area contributed by atoms with E-state index in [1.54, 1.807) is 84.9 Å². The predicted molar refractivity (Wildman–Crippen MR) is 204 cm³/mol. The maximum absolute atomic E-state index is 12.3. The number of amidine groups is 2. The molecule has 14 heteroatoms. The zero-order chi connectivity index (χ0) is 37.4. The molecule has 0 saturated carbocycles. The number of carbonyl (C=O) groups is 2. The second kappa shape index (κ2) is 15.7. The molecule has 0 aromatic heterocycles. The zero-order valence-electron chi connectivity index (χ0n) is 27.5. The van der Waals surface area contributed by atoms with Gasteiger partial charge >= 0.3 is 11.9 Å². The first-order valence-corrected chi connectivity index (χ1v) is 15.5. The largest absolute Gasteiger partial charge is 0.423 e. The number of nitrogens with one attached hydrogen (secondary N) is 6. The van der Waals surface area contributed by atoms with E-state index >= 15 is 0 Å². The Morgan fingerprint density at radius 1 is 0.423 bits per heavy atom. The van der Waals surface area contributed by atoms with Crippen molar-refractivity contribution in [2.45, 2.75) is 0 Å². The summed E-state index contributed by atoms with van der Waals surface area (Å²) < 4.78 is 10.8. The van der Waals surface area contributed by atoms with E-state index in [0.29, 0.717) is 45.1 Å². The first-order valence-electron chi connectivity index (χ1n) is 15.5. The van der Waals surface area contributed by atoms with Crippen LogP contribution >= 0.6 is 0 Å². The fourth-order valence-corrected chi connectivity index (χ4v) is 4.93. The van der Waals surface area contributed by atoms with Crippen molar-refractivity contribution in [3.63, 3.8) is 0 Å². The number of ether oxygens (including phenoxy) is 2. The molecule has 0 spiro atoms. The van der Waals surface area contributed by atoms with Crippen LogP contribution in [-0.2, 0) is 0 Å². The lowest BCUT2D eigenvalue weighted by Crippen LogP contribution is -2.20. The number of guanidine groups is 2. The lowest BCUT2D eigenvalue weighted by molar-refractivity contribution is 0.0725. The number of carbonyl (C=O) groups excluding carboxylic acids is 2. The maximum atomic E-state index is 12.3. The van der Waals surface area contributed by atoms with E-state index in [0.717, 1.165) is 21.5 Å². The smallest absolute Gasteiger partial charge is 0.343 e. The van der Waals surface area contributed by atoms with Crippen molar-refractivity contribution in [3.8, 4) is 11.5 Å². The van der Waals surface area contributed by atoms with E-state index < -0.39 is 11.9 Å². The molecule has 0 saturated heterocycles. The molecule has 6 aromatic carbocycles. The average molecular weight is 695 g/mol. The summed E-state index contributed by atoms with van der Waals surface area (Å²) in [5.74, 6) is -0.477. The number of nitrogens with two attached hydrogens (primary N) is 4. The van der Waals surface area contributed by atoms with Gasteiger partial charge < -0.3 is 43.0 Å². The topological polar surface area (TPSA) is 276 Å².